The summed E-state index contributed by atoms with van der Waals surface area (Å²) in [6.07, 6.45) is 13.2. The first-order chi connectivity index (χ1) is 16.2. The van der Waals surface area contributed by atoms with Crippen LogP contribution < -0.4 is 5.19 Å². The van der Waals surface area contributed by atoms with E-state index < -0.39 is 0 Å². The van der Waals surface area contributed by atoms with E-state index in [0.717, 1.165) is 6.42 Å². The van der Waals surface area contributed by atoms with E-state index in [4.69, 9.17) is 0 Å². The number of hydrogen-bond donors (Lipinski definition) is 0. The Morgan fingerprint density at radius 1 is 0.727 bits per heavy atom. The van der Waals surface area contributed by atoms with E-state index in [-0.39, 0.29) is 0 Å². The van der Waals surface area contributed by atoms with Crippen LogP contribution in [0, 0.1) is 0 Å². The Morgan fingerprint density at radius 2 is 1.33 bits per heavy atom. The molecule has 0 atom stereocenters. The zero-order chi connectivity index (χ0) is 23.0. The summed E-state index contributed by atoms with van der Waals surface area (Å²) in [5.74, 6) is 0. The van der Waals surface area contributed by atoms with Gasteiger partial charge in [0, 0.05) is 0 Å². The average molecular weight is 449 g/mol. The van der Waals surface area contributed by atoms with Crippen LogP contribution in [0.5, 0.6) is 0 Å². The third kappa shape index (κ3) is 6.03. The van der Waals surface area contributed by atoms with Crippen molar-refractivity contribution in [2.75, 3.05) is 0 Å². The summed E-state index contributed by atoms with van der Waals surface area (Å²) >= 11 is 0. The van der Waals surface area contributed by atoms with Crippen molar-refractivity contribution in [1.29, 1.82) is 0 Å². The number of allylic oxidation sites excluding steroid dienone is 4. The molecule has 3 aromatic rings. The Hall–Kier alpha value is -2.64. The first kappa shape index (κ1) is 23.5. The number of rotatable bonds is 10. The molecule has 33 heavy (non-hydrogen) atoms. The molecule has 0 bridgehead atoms. The van der Waals surface area contributed by atoms with E-state index in [2.05, 4.69) is 99.7 Å². The van der Waals surface area contributed by atoms with Gasteiger partial charge in [-0.05, 0) is 72.4 Å². The van der Waals surface area contributed by atoms with Crippen LogP contribution in [0.4, 0.5) is 0 Å². The summed E-state index contributed by atoms with van der Waals surface area (Å²) in [6.45, 7) is 6.74. The largest absolute Gasteiger partial charge is 0.117 e. The van der Waals surface area contributed by atoms with Gasteiger partial charge in [0.05, 0.1) is 0 Å². The summed E-state index contributed by atoms with van der Waals surface area (Å²) in [4.78, 5) is 0. The van der Waals surface area contributed by atoms with Crippen molar-refractivity contribution in [1.82, 2.24) is 0 Å². The number of benzene rings is 3. The fraction of sp³-hybridized carbons (Fsp3) is 0.312. The minimum Gasteiger partial charge on any atom is -0.0779 e. The summed E-state index contributed by atoms with van der Waals surface area (Å²) in [5.41, 5.74) is 9.71. The molecule has 0 nitrogen and oxygen atoms in total. The van der Waals surface area contributed by atoms with Crippen molar-refractivity contribution in [3.8, 4) is 22.3 Å². The number of unbranched alkanes of at least 4 members (excludes halogenated alkanes) is 2. The lowest BCUT2D eigenvalue weighted by molar-refractivity contribution is 0.795. The van der Waals surface area contributed by atoms with Crippen LogP contribution in [0.2, 0.25) is 0 Å². The third-order valence-corrected chi connectivity index (χ3v) is 7.91. The van der Waals surface area contributed by atoms with Gasteiger partial charge in [-0.1, -0.05) is 122 Å². The second-order valence-corrected chi connectivity index (χ2v) is 10.7. The van der Waals surface area contributed by atoms with Crippen molar-refractivity contribution in [3.63, 3.8) is 0 Å². The van der Waals surface area contributed by atoms with E-state index in [1.807, 2.05) is 0 Å². The van der Waals surface area contributed by atoms with E-state index in [1.54, 1.807) is 5.20 Å². The van der Waals surface area contributed by atoms with Gasteiger partial charge < -0.3 is 0 Å². The standard InChI is InChI=1S/C32H36Si/c1-4-6-9-25-14-18-27(19-15-25)30-11-8-12-31(33-29-22-13-24(3)23-29)32(30)28-20-16-26(17-21-28)10-7-5-2/h8,11-21,23H,4-7,9-10,22H2,1-3H3. The molecule has 1 aliphatic rings. The molecule has 0 aliphatic heterocycles. The summed E-state index contributed by atoms with van der Waals surface area (Å²) in [6, 6.07) is 25.6. The maximum atomic E-state index is 2.38. The van der Waals surface area contributed by atoms with Gasteiger partial charge in [-0.3, -0.25) is 0 Å². The van der Waals surface area contributed by atoms with Gasteiger partial charge in [-0.25, -0.2) is 0 Å². The second-order valence-electron chi connectivity index (χ2n) is 9.28. The molecule has 0 N–H and O–H groups in total. The van der Waals surface area contributed by atoms with Crippen molar-refractivity contribution in [2.45, 2.75) is 65.7 Å². The predicted molar refractivity (Wildman–Crippen MR) is 146 cm³/mol. The fourth-order valence-electron chi connectivity index (χ4n) is 4.58. The molecule has 0 heterocycles. The van der Waals surface area contributed by atoms with Gasteiger partial charge in [-0.15, -0.1) is 0 Å². The van der Waals surface area contributed by atoms with Gasteiger partial charge in [0.15, 0.2) is 0 Å². The normalized spacial score (nSPS) is 13.2. The molecular weight excluding hydrogens is 412 g/mol. The second kappa shape index (κ2) is 11.5. The number of aryl methyl sites for hydroxylation is 2. The van der Waals surface area contributed by atoms with Crippen LogP contribution in [-0.4, -0.2) is 9.52 Å². The highest BCUT2D eigenvalue weighted by atomic mass is 28.2. The van der Waals surface area contributed by atoms with Gasteiger partial charge in [0.25, 0.3) is 0 Å². The maximum absolute atomic E-state index is 2.38. The molecule has 2 radical (unpaired) electrons. The topological polar surface area (TPSA) is 0 Å². The highest BCUT2D eigenvalue weighted by molar-refractivity contribution is 6.63. The molecule has 0 saturated heterocycles. The first-order valence-corrected chi connectivity index (χ1v) is 13.6. The molecular formula is C32H36Si. The molecule has 0 unspecified atom stereocenters. The Labute approximate surface area is 203 Å². The van der Waals surface area contributed by atoms with Crippen LogP contribution in [0.15, 0.2) is 89.7 Å². The predicted octanol–water partition coefficient (Wildman–Crippen LogP) is 8.27. The van der Waals surface area contributed by atoms with Gasteiger partial charge >= 0.3 is 0 Å². The highest BCUT2D eigenvalue weighted by Gasteiger charge is 2.16. The Morgan fingerprint density at radius 3 is 1.88 bits per heavy atom. The van der Waals surface area contributed by atoms with Gasteiger partial charge in [0.1, 0.15) is 9.52 Å². The molecule has 1 heteroatoms. The Bertz CT molecular complexity index is 1110. The minimum absolute atomic E-state index is 0.714. The van der Waals surface area contributed by atoms with Crippen molar-refractivity contribution >= 4 is 14.7 Å². The molecule has 0 amide bonds. The van der Waals surface area contributed by atoms with E-state index in [1.165, 1.54) is 82.7 Å². The zero-order valence-corrected chi connectivity index (χ0v) is 21.5. The number of hydrogen-bond acceptors (Lipinski definition) is 0. The fourth-order valence-corrected chi connectivity index (χ4v) is 6.02. The van der Waals surface area contributed by atoms with E-state index in [0.29, 0.717) is 9.52 Å². The van der Waals surface area contributed by atoms with Gasteiger partial charge in [0.2, 0.25) is 0 Å². The van der Waals surface area contributed by atoms with Crippen LogP contribution in [0.1, 0.15) is 64.0 Å². The molecule has 0 spiro atoms. The smallest absolute Gasteiger partial charge is 0.0779 e. The van der Waals surface area contributed by atoms with E-state index >= 15 is 0 Å². The lowest BCUT2D eigenvalue weighted by atomic mass is 9.92. The summed E-state index contributed by atoms with van der Waals surface area (Å²) < 4.78 is 0. The summed E-state index contributed by atoms with van der Waals surface area (Å²) in [5, 5.41) is 3.00. The van der Waals surface area contributed by atoms with Crippen molar-refractivity contribution in [2.24, 2.45) is 0 Å². The van der Waals surface area contributed by atoms with Crippen molar-refractivity contribution in [3.05, 3.63) is 101 Å². The maximum Gasteiger partial charge on any atom is 0.117 e. The Kier molecular flexibility index (Phi) is 8.18. The molecule has 3 aromatic carbocycles. The molecule has 4 rings (SSSR count). The molecule has 0 saturated carbocycles. The molecule has 0 fully saturated rings. The monoisotopic (exact) mass is 448 g/mol. The average Bonchev–Trinajstić information content (AvgIpc) is 3.26. The third-order valence-electron chi connectivity index (χ3n) is 6.55. The minimum atomic E-state index is 0.714. The van der Waals surface area contributed by atoms with Crippen molar-refractivity contribution < 1.29 is 0 Å². The van der Waals surface area contributed by atoms with Crippen LogP contribution in [-0.2, 0) is 12.8 Å². The van der Waals surface area contributed by atoms with E-state index in [9.17, 15) is 0 Å². The molecule has 0 aromatic heterocycles. The highest BCUT2D eigenvalue weighted by Crippen LogP contribution is 2.32. The van der Waals surface area contributed by atoms with Gasteiger partial charge in [-0.2, -0.15) is 0 Å². The Balaban J connectivity index is 1.73. The van der Waals surface area contributed by atoms with Crippen LogP contribution in [0.3, 0.4) is 0 Å². The van der Waals surface area contributed by atoms with Crippen LogP contribution >= 0.6 is 0 Å². The van der Waals surface area contributed by atoms with Crippen LogP contribution in [0.25, 0.3) is 22.3 Å². The lowest BCUT2D eigenvalue weighted by Gasteiger charge is -2.17. The summed E-state index contributed by atoms with van der Waals surface area (Å²) in [7, 11) is 0.714. The zero-order valence-electron chi connectivity index (χ0n) is 20.5. The molecule has 1 aliphatic carbocycles. The molecule has 168 valence electrons. The quantitative estimate of drug-likeness (QED) is 0.274. The SMILES string of the molecule is CCCCc1ccc(-c2cccc([Si]C3=CC(C)=CC3)c2-c2ccc(CCCC)cc2)cc1. The lowest BCUT2D eigenvalue weighted by Crippen LogP contribution is -2.19. The first-order valence-electron chi connectivity index (χ1n) is 12.6.